The fraction of sp³-hybridized carbons (Fsp3) is 0.176. The van der Waals surface area contributed by atoms with Crippen molar-refractivity contribution in [2.24, 2.45) is 0 Å². The zero-order chi connectivity index (χ0) is 16.9. The zero-order valence-electron chi connectivity index (χ0n) is 13.4. The molecule has 122 valence electrons. The maximum Gasteiger partial charge on any atom is 0.260 e. The number of carbonyl (C=O) groups is 1. The summed E-state index contributed by atoms with van der Waals surface area (Å²) >= 11 is 0. The van der Waals surface area contributed by atoms with Crippen LogP contribution in [-0.4, -0.2) is 21.0 Å². The SMILES string of the molecule is CCc1ccccc1Nc1ncc(C(=O)Nc2cc(C)on2)cn1. The average molecular weight is 323 g/mol. The molecule has 0 saturated carbocycles. The van der Waals surface area contributed by atoms with Crippen molar-refractivity contribution in [2.75, 3.05) is 10.6 Å². The van der Waals surface area contributed by atoms with E-state index in [4.69, 9.17) is 4.52 Å². The summed E-state index contributed by atoms with van der Waals surface area (Å²) in [4.78, 5) is 20.5. The van der Waals surface area contributed by atoms with E-state index in [1.165, 1.54) is 18.0 Å². The summed E-state index contributed by atoms with van der Waals surface area (Å²) in [5, 5.41) is 9.50. The molecule has 1 aromatic carbocycles. The van der Waals surface area contributed by atoms with Crippen molar-refractivity contribution in [3.05, 3.63) is 59.6 Å². The van der Waals surface area contributed by atoms with Crippen LogP contribution in [0.3, 0.4) is 0 Å². The van der Waals surface area contributed by atoms with Gasteiger partial charge in [-0.3, -0.25) is 4.79 Å². The van der Waals surface area contributed by atoms with Crippen LogP contribution in [0.4, 0.5) is 17.5 Å². The first kappa shape index (κ1) is 15.7. The summed E-state index contributed by atoms with van der Waals surface area (Å²) in [6, 6.07) is 9.59. The highest BCUT2D eigenvalue weighted by atomic mass is 16.5. The monoisotopic (exact) mass is 323 g/mol. The maximum absolute atomic E-state index is 12.1. The molecule has 2 heterocycles. The van der Waals surface area contributed by atoms with Crippen molar-refractivity contribution in [3.8, 4) is 0 Å². The van der Waals surface area contributed by atoms with Crippen LogP contribution in [0, 0.1) is 6.92 Å². The predicted molar refractivity (Wildman–Crippen MR) is 90.3 cm³/mol. The number of aromatic nitrogens is 3. The smallest absolute Gasteiger partial charge is 0.260 e. The Bertz CT molecular complexity index is 842. The third-order valence-corrected chi connectivity index (χ3v) is 3.43. The molecular weight excluding hydrogens is 306 g/mol. The second kappa shape index (κ2) is 6.91. The van der Waals surface area contributed by atoms with Crippen molar-refractivity contribution in [1.82, 2.24) is 15.1 Å². The van der Waals surface area contributed by atoms with Gasteiger partial charge in [-0.15, -0.1) is 0 Å². The minimum Gasteiger partial charge on any atom is -0.360 e. The summed E-state index contributed by atoms with van der Waals surface area (Å²) in [6.07, 6.45) is 3.83. The average Bonchev–Trinajstić information content (AvgIpc) is 3.01. The standard InChI is InChI=1S/C17H17N5O2/c1-3-12-6-4-5-7-14(12)20-17-18-9-13(10-19-17)16(23)21-15-8-11(2)24-22-15/h4-10H,3H2,1-2H3,(H,18,19,20)(H,21,22,23). The highest BCUT2D eigenvalue weighted by molar-refractivity contribution is 6.03. The molecule has 0 aliphatic rings. The van der Waals surface area contributed by atoms with E-state index in [1.54, 1.807) is 13.0 Å². The van der Waals surface area contributed by atoms with Crippen molar-refractivity contribution >= 4 is 23.4 Å². The van der Waals surface area contributed by atoms with Crippen LogP contribution in [0.2, 0.25) is 0 Å². The third kappa shape index (κ3) is 3.57. The molecule has 1 amide bonds. The summed E-state index contributed by atoms with van der Waals surface area (Å²) in [7, 11) is 0. The summed E-state index contributed by atoms with van der Waals surface area (Å²) < 4.78 is 4.90. The minimum atomic E-state index is -0.344. The predicted octanol–water partition coefficient (Wildman–Crippen LogP) is 3.33. The second-order valence-electron chi connectivity index (χ2n) is 5.21. The van der Waals surface area contributed by atoms with Crippen molar-refractivity contribution < 1.29 is 9.32 Å². The Morgan fingerprint density at radius 2 is 1.96 bits per heavy atom. The topological polar surface area (TPSA) is 92.9 Å². The van der Waals surface area contributed by atoms with E-state index < -0.39 is 0 Å². The molecule has 3 aromatic rings. The Morgan fingerprint density at radius 1 is 1.21 bits per heavy atom. The van der Waals surface area contributed by atoms with Crippen molar-refractivity contribution in [1.29, 1.82) is 0 Å². The van der Waals surface area contributed by atoms with Gasteiger partial charge in [0.25, 0.3) is 5.91 Å². The highest BCUT2D eigenvalue weighted by Gasteiger charge is 2.10. The number of rotatable bonds is 5. The molecule has 7 nitrogen and oxygen atoms in total. The van der Waals surface area contributed by atoms with Gasteiger partial charge in [-0.05, 0) is 25.0 Å². The number of hydrogen-bond acceptors (Lipinski definition) is 6. The Balaban J connectivity index is 1.70. The van der Waals surface area contributed by atoms with Crippen molar-refractivity contribution in [2.45, 2.75) is 20.3 Å². The molecule has 0 aliphatic carbocycles. The number of para-hydroxylation sites is 1. The van der Waals surface area contributed by atoms with Crippen molar-refractivity contribution in [3.63, 3.8) is 0 Å². The minimum absolute atomic E-state index is 0.338. The van der Waals surface area contributed by atoms with Crippen LogP contribution >= 0.6 is 0 Å². The number of amides is 1. The van der Waals surface area contributed by atoms with E-state index in [0.717, 1.165) is 12.1 Å². The van der Waals surface area contributed by atoms with E-state index in [1.807, 2.05) is 24.3 Å². The molecule has 0 atom stereocenters. The number of nitrogens with one attached hydrogen (secondary N) is 2. The van der Waals surface area contributed by atoms with Gasteiger partial charge in [0.05, 0.1) is 5.56 Å². The molecule has 2 aromatic heterocycles. The van der Waals surface area contributed by atoms with E-state index in [2.05, 4.69) is 32.7 Å². The largest absolute Gasteiger partial charge is 0.360 e. The molecule has 2 N–H and O–H groups in total. The van der Waals surface area contributed by atoms with Gasteiger partial charge in [0, 0.05) is 24.1 Å². The highest BCUT2D eigenvalue weighted by Crippen LogP contribution is 2.19. The van der Waals surface area contributed by atoms with Gasteiger partial charge < -0.3 is 15.2 Å². The Morgan fingerprint density at radius 3 is 2.62 bits per heavy atom. The fourth-order valence-corrected chi connectivity index (χ4v) is 2.19. The number of anilines is 3. The molecule has 0 bridgehead atoms. The first-order chi connectivity index (χ1) is 11.7. The van der Waals surface area contributed by atoms with Gasteiger partial charge in [0.1, 0.15) is 5.76 Å². The van der Waals surface area contributed by atoms with Crippen LogP contribution < -0.4 is 10.6 Å². The lowest BCUT2D eigenvalue weighted by Gasteiger charge is -2.09. The fourth-order valence-electron chi connectivity index (χ4n) is 2.19. The number of aryl methyl sites for hydroxylation is 2. The molecule has 24 heavy (non-hydrogen) atoms. The van der Waals surface area contributed by atoms with Crippen LogP contribution in [-0.2, 0) is 6.42 Å². The Hall–Kier alpha value is -3.22. The van der Waals surface area contributed by atoms with Gasteiger partial charge >= 0.3 is 0 Å². The normalized spacial score (nSPS) is 10.4. The number of hydrogen-bond donors (Lipinski definition) is 2. The van der Waals surface area contributed by atoms with Crippen LogP contribution in [0.15, 0.2) is 47.2 Å². The molecule has 0 spiro atoms. The molecule has 0 fully saturated rings. The second-order valence-corrected chi connectivity index (χ2v) is 5.21. The van der Waals surface area contributed by atoms with Gasteiger partial charge in [0.15, 0.2) is 5.82 Å². The first-order valence-electron chi connectivity index (χ1n) is 7.57. The lowest BCUT2D eigenvalue weighted by atomic mass is 10.1. The van der Waals surface area contributed by atoms with E-state index >= 15 is 0 Å². The van der Waals surface area contributed by atoms with E-state index in [0.29, 0.717) is 23.1 Å². The number of benzene rings is 1. The molecule has 7 heteroatoms. The lowest BCUT2D eigenvalue weighted by molar-refractivity contribution is 0.102. The molecule has 0 unspecified atom stereocenters. The number of carbonyl (C=O) groups excluding carboxylic acids is 1. The third-order valence-electron chi connectivity index (χ3n) is 3.43. The maximum atomic E-state index is 12.1. The van der Waals surface area contributed by atoms with Gasteiger partial charge in [-0.1, -0.05) is 30.3 Å². The quantitative estimate of drug-likeness (QED) is 0.748. The first-order valence-corrected chi connectivity index (χ1v) is 7.57. The lowest BCUT2D eigenvalue weighted by Crippen LogP contribution is -2.13. The van der Waals surface area contributed by atoms with Crippen LogP contribution in [0.5, 0.6) is 0 Å². The summed E-state index contributed by atoms with van der Waals surface area (Å²) in [5.74, 6) is 1.07. The molecule has 0 radical (unpaired) electrons. The van der Waals surface area contributed by atoms with Crippen LogP contribution in [0.25, 0.3) is 0 Å². The van der Waals surface area contributed by atoms with Gasteiger partial charge in [-0.2, -0.15) is 0 Å². The molecule has 3 rings (SSSR count). The van der Waals surface area contributed by atoms with E-state index in [9.17, 15) is 4.79 Å². The summed E-state index contributed by atoms with van der Waals surface area (Å²) in [5.41, 5.74) is 2.46. The molecule has 0 saturated heterocycles. The van der Waals surface area contributed by atoms with Gasteiger partial charge in [0.2, 0.25) is 5.95 Å². The van der Waals surface area contributed by atoms with E-state index in [-0.39, 0.29) is 5.91 Å². The Kier molecular flexibility index (Phi) is 4.51. The molecule has 0 aliphatic heterocycles. The van der Waals surface area contributed by atoms with Gasteiger partial charge in [-0.25, -0.2) is 9.97 Å². The van der Waals surface area contributed by atoms with Crippen LogP contribution in [0.1, 0.15) is 28.6 Å². The molecular formula is C17H17N5O2. The Labute approximate surface area is 139 Å². The summed E-state index contributed by atoms with van der Waals surface area (Å²) in [6.45, 7) is 3.83. The zero-order valence-corrected chi connectivity index (χ0v) is 13.4. The number of nitrogens with zero attached hydrogens (tertiary/aromatic N) is 3.